The van der Waals surface area contributed by atoms with E-state index in [9.17, 15) is 4.79 Å². The number of carbonyl (C=O) groups is 1. The molecular weight excluding hydrogens is 271 g/mol. The van der Waals surface area contributed by atoms with Crippen molar-refractivity contribution in [1.29, 1.82) is 0 Å². The van der Waals surface area contributed by atoms with Crippen LogP contribution in [0.25, 0.3) is 0 Å². The van der Waals surface area contributed by atoms with E-state index in [-0.39, 0.29) is 5.91 Å². The van der Waals surface area contributed by atoms with E-state index < -0.39 is 0 Å². The Morgan fingerprint density at radius 1 is 1.44 bits per heavy atom. The van der Waals surface area contributed by atoms with Gasteiger partial charge in [-0.05, 0) is 18.6 Å². The number of hydrogen-bond acceptors (Lipinski definition) is 2. The van der Waals surface area contributed by atoms with E-state index in [0.29, 0.717) is 34.4 Å². The third-order valence-corrected chi connectivity index (χ3v) is 3.08. The Hall–Kier alpha value is -1.19. The van der Waals surface area contributed by atoms with Crippen molar-refractivity contribution < 1.29 is 4.79 Å². The van der Waals surface area contributed by atoms with Gasteiger partial charge in [0.05, 0.1) is 15.7 Å². The van der Waals surface area contributed by atoms with E-state index in [1.807, 2.05) is 6.92 Å². The fourth-order valence-corrected chi connectivity index (χ4v) is 2.08. The summed E-state index contributed by atoms with van der Waals surface area (Å²) in [6.07, 6.45) is 2.56. The molecule has 5 heteroatoms. The maximum Gasteiger partial charge on any atom is 0.254 e. The lowest BCUT2D eigenvalue weighted by Gasteiger charge is -2.20. The zero-order valence-electron chi connectivity index (χ0n) is 10.2. The third kappa shape index (κ3) is 3.40. The molecule has 18 heavy (non-hydrogen) atoms. The van der Waals surface area contributed by atoms with E-state index in [2.05, 4.69) is 6.58 Å². The number of hydrogen-bond donors (Lipinski definition) is 1. The van der Waals surface area contributed by atoms with Gasteiger partial charge >= 0.3 is 0 Å². The minimum Gasteiger partial charge on any atom is -0.396 e. The molecule has 0 aliphatic carbocycles. The summed E-state index contributed by atoms with van der Waals surface area (Å²) in [5.74, 6) is -0.124. The van der Waals surface area contributed by atoms with E-state index >= 15 is 0 Å². The molecule has 3 nitrogen and oxygen atoms in total. The molecule has 0 saturated heterocycles. The topological polar surface area (TPSA) is 46.3 Å². The summed E-state index contributed by atoms with van der Waals surface area (Å²) < 4.78 is 0. The highest BCUT2D eigenvalue weighted by Crippen LogP contribution is 2.29. The Labute approximate surface area is 117 Å². The lowest BCUT2D eigenvalue weighted by molar-refractivity contribution is 0.0774. The maximum atomic E-state index is 12.3. The van der Waals surface area contributed by atoms with Crippen LogP contribution in [-0.4, -0.2) is 23.9 Å². The number of nitrogens with two attached hydrogens (primary N) is 1. The predicted octanol–water partition coefficient (Wildman–Crippen LogP) is 3.61. The number of nitrogen functional groups attached to an aromatic ring is 1. The molecule has 98 valence electrons. The third-order valence-electron chi connectivity index (χ3n) is 2.46. The zero-order chi connectivity index (χ0) is 13.7. The van der Waals surface area contributed by atoms with Crippen molar-refractivity contribution in [3.63, 3.8) is 0 Å². The Kier molecular flexibility index (Phi) is 5.51. The van der Waals surface area contributed by atoms with E-state index in [4.69, 9.17) is 28.9 Å². The highest BCUT2D eigenvalue weighted by atomic mass is 35.5. The van der Waals surface area contributed by atoms with Crippen LogP contribution in [0.4, 0.5) is 5.69 Å². The highest BCUT2D eigenvalue weighted by Gasteiger charge is 2.16. The van der Waals surface area contributed by atoms with E-state index in [1.54, 1.807) is 11.0 Å². The van der Waals surface area contributed by atoms with Crippen molar-refractivity contribution in [2.24, 2.45) is 0 Å². The number of amides is 1. The van der Waals surface area contributed by atoms with Gasteiger partial charge in [0.25, 0.3) is 5.91 Å². The summed E-state index contributed by atoms with van der Waals surface area (Å²) in [5.41, 5.74) is 6.37. The van der Waals surface area contributed by atoms with Gasteiger partial charge in [-0.1, -0.05) is 36.2 Å². The zero-order valence-corrected chi connectivity index (χ0v) is 11.8. The lowest BCUT2D eigenvalue weighted by atomic mass is 10.1. The van der Waals surface area contributed by atoms with Gasteiger partial charge in [-0.2, -0.15) is 0 Å². The number of carbonyl (C=O) groups excluding carboxylic acids is 1. The lowest BCUT2D eigenvalue weighted by Crippen LogP contribution is -2.31. The first-order valence-corrected chi connectivity index (χ1v) is 6.41. The van der Waals surface area contributed by atoms with Crippen molar-refractivity contribution in [1.82, 2.24) is 4.90 Å². The first-order chi connectivity index (χ1) is 8.51. The van der Waals surface area contributed by atoms with Crippen molar-refractivity contribution in [3.05, 3.63) is 40.4 Å². The second kappa shape index (κ2) is 6.66. The van der Waals surface area contributed by atoms with Crippen molar-refractivity contribution in [3.8, 4) is 0 Å². The Balaban J connectivity index is 3.04. The Morgan fingerprint density at radius 2 is 2.00 bits per heavy atom. The summed E-state index contributed by atoms with van der Waals surface area (Å²) >= 11 is 11.8. The molecule has 1 aromatic carbocycles. The fourth-order valence-electron chi connectivity index (χ4n) is 1.59. The van der Waals surface area contributed by atoms with Gasteiger partial charge in [-0.25, -0.2) is 0 Å². The molecule has 0 atom stereocenters. The molecule has 0 aliphatic heterocycles. The van der Waals surface area contributed by atoms with Gasteiger partial charge in [-0.15, -0.1) is 6.58 Å². The maximum absolute atomic E-state index is 12.3. The van der Waals surface area contributed by atoms with E-state index in [1.165, 1.54) is 12.1 Å². The molecule has 0 spiro atoms. The van der Waals surface area contributed by atoms with Crippen LogP contribution in [-0.2, 0) is 0 Å². The minimum atomic E-state index is -0.124. The largest absolute Gasteiger partial charge is 0.396 e. The van der Waals surface area contributed by atoms with Gasteiger partial charge < -0.3 is 10.6 Å². The van der Waals surface area contributed by atoms with Crippen LogP contribution in [0.15, 0.2) is 24.8 Å². The summed E-state index contributed by atoms with van der Waals surface area (Å²) in [4.78, 5) is 13.9. The number of anilines is 1. The smallest absolute Gasteiger partial charge is 0.254 e. The fraction of sp³-hybridized carbons (Fsp3) is 0.308. The number of rotatable bonds is 5. The molecule has 0 aromatic heterocycles. The molecule has 1 aromatic rings. The van der Waals surface area contributed by atoms with Gasteiger partial charge in [0.1, 0.15) is 0 Å². The Morgan fingerprint density at radius 3 is 2.44 bits per heavy atom. The first-order valence-electron chi connectivity index (χ1n) is 5.66. The van der Waals surface area contributed by atoms with Crippen molar-refractivity contribution >= 4 is 34.8 Å². The van der Waals surface area contributed by atoms with Crippen molar-refractivity contribution in [2.45, 2.75) is 13.3 Å². The van der Waals surface area contributed by atoms with Gasteiger partial charge in [0.2, 0.25) is 0 Å². The molecule has 0 saturated carbocycles. The monoisotopic (exact) mass is 286 g/mol. The van der Waals surface area contributed by atoms with E-state index in [0.717, 1.165) is 6.42 Å². The molecule has 1 amide bonds. The standard InChI is InChI=1S/C13H16Cl2N2O/c1-3-5-17(6-4-2)13(18)9-7-10(14)12(16)11(15)8-9/h3,7-8H,1,4-6,16H2,2H3. The van der Waals surface area contributed by atoms with Gasteiger partial charge in [0.15, 0.2) is 0 Å². The highest BCUT2D eigenvalue weighted by molar-refractivity contribution is 6.39. The van der Waals surface area contributed by atoms with Crippen LogP contribution in [0, 0.1) is 0 Å². The molecule has 0 unspecified atom stereocenters. The quantitative estimate of drug-likeness (QED) is 0.664. The van der Waals surface area contributed by atoms with Crippen LogP contribution >= 0.6 is 23.2 Å². The van der Waals surface area contributed by atoms with Crippen molar-refractivity contribution in [2.75, 3.05) is 18.8 Å². The van der Waals surface area contributed by atoms with Crippen LogP contribution < -0.4 is 5.73 Å². The first kappa shape index (κ1) is 14.9. The number of halogens is 2. The molecule has 1 rings (SSSR count). The number of benzene rings is 1. The van der Waals surface area contributed by atoms with Crippen LogP contribution in [0.5, 0.6) is 0 Å². The summed E-state index contributed by atoms with van der Waals surface area (Å²) in [6.45, 7) is 6.80. The Bertz CT molecular complexity index is 437. The molecular formula is C13H16Cl2N2O. The second-order valence-corrected chi connectivity index (χ2v) is 4.71. The van der Waals surface area contributed by atoms with Gasteiger partial charge in [0, 0.05) is 18.7 Å². The molecule has 0 heterocycles. The molecule has 0 fully saturated rings. The normalized spacial score (nSPS) is 10.2. The van der Waals surface area contributed by atoms with Gasteiger partial charge in [-0.3, -0.25) is 4.79 Å². The van der Waals surface area contributed by atoms with Crippen LogP contribution in [0.2, 0.25) is 10.0 Å². The molecule has 2 N–H and O–H groups in total. The second-order valence-electron chi connectivity index (χ2n) is 3.89. The average molecular weight is 287 g/mol. The molecule has 0 radical (unpaired) electrons. The predicted molar refractivity (Wildman–Crippen MR) is 77.3 cm³/mol. The summed E-state index contributed by atoms with van der Waals surface area (Å²) in [6, 6.07) is 3.08. The summed E-state index contributed by atoms with van der Waals surface area (Å²) in [5, 5.41) is 0.585. The SMILES string of the molecule is C=CCN(CCC)C(=O)c1cc(Cl)c(N)c(Cl)c1. The van der Waals surface area contributed by atoms with Crippen LogP contribution in [0.1, 0.15) is 23.7 Å². The molecule has 0 bridgehead atoms. The summed E-state index contributed by atoms with van der Waals surface area (Å²) in [7, 11) is 0. The molecule has 0 aliphatic rings. The van der Waals surface area contributed by atoms with Crippen LogP contribution in [0.3, 0.4) is 0 Å². The minimum absolute atomic E-state index is 0.124. The average Bonchev–Trinajstić information content (AvgIpc) is 2.34. The number of nitrogens with zero attached hydrogens (tertiary/aromatic N) is 1.